The lowest BCUT2D eigenvalue weighted by molar-refractivity contribution is 0.0536. The van der Waals surface area contributed by atoms with E-state index in [2.05, 4.69) is 32.7 Å². The van der Waals surface area contributed by atoms with E-state index in [0.29, 0.717) is 12.1 Å². The molecule has 1 aromatic rings. The van der Waals surface area contributed by atoms with E-state index in [1.54, 1.807) is 0 Å². The zero-order valence-electron chi connectivity index (χ0n) is 9.70. The minimum atomic E-state index is 0.367. The molecule has 0 spiro atoms. The first kappa shape index (κ1) is 12.6. The van der Waals surface area contributed by atoms with Crippen LogP contribution in [-0.4, -0.2) is 26.3 Å². The first-order valence-electron chi connectivity index (χ1n) is 5.67. The molecule has 0 saturated heterocycles. The van der Waals surface area contributed by atoms with E-state index in [-0.39, 0.29) is 0 Å². The molecule has 0 aromatic carbocycles. The summed E-state index contributed by atoms with van der Waals surface area (Å²) in [6.07, 6.45) is 4.07. The number of hydrogen-bond donors (Lipinski definition) is 1. The Morgan fingerprint density at radius 1 is 1.62 bits per heavy atom. The molecule has 1 aliphatic rings. The van der Waals surface area contributed by atoms with E-state index < -0.39 is 0 Å². The van der Waals surface area contributed by atoms with Crippen molar-refractivity contribution in [3.05, 3.63) is 20.8 Å². The average Bonchev–Trinajstić information content (AvgIpc) is 3.02. The van der Waals surface area contributed by atoms with Crippen LogP contribution in [0.5, 0.6) is 0 Å². The Kier molecular flexibility index (Phi) is 4.41. The molecule has 1 heterocycles. The highest BCUT2D eigenvalue weighted by atomic mass is 79.9. The van der Waals surface area contributed by atoms with Crippen molar-refractivity contribution in [1.29, 1.82) is 0 Å². The summed E-state index contributed by atoms with van der Waals surface area (Å²) in [4.78, 5) is 1.41. The Morgan fingerprint density at radius 3 is 2.81 bits per heavy atom. The molecule has 90 valence electrons. The number of nitrogens with one attached hydrogen (secondary N) is 1. The quantitative estimate of drug-likeness (QED) is 0.872. The zero-order chi connectivity index (χ0) is 11.5. The first-order valence-corrected chi connectivity index (χ1v) is 7.35. The fourth-order valence-corrected chi connectivity index (χ4v) is 3.68. The Bertz CT molecular complexity index is 338. The first-order chi connectivity index (χ1) is 7.74. The van der Waals surface area contributed by atoms with Crippen LogP contribution in [0.15, 0.2) is 15.9 Å². The van der Waals surface area contributed by atoms with Crippen molar-refractivity contribution in [2.24, 2.45) is 5.92 Å². The molecule has 1 saturated carbocycles. The van der Waals surface area contributed by atoms with Crippen LogP contribution >= 0.6 is 27.3 Å². The standard InChI is InChI=1S/C12H18BrNOS/c1-14-11(12(15-2)8-3-4-8)6-10-5-9(13)7-16-10/h5,7-8,11-12,14H,3-4,6H2,1-2H3. The minimum absolute atomic E-state index is 0.367. The van der Waals surface area contributed by atoms with Crippen molar-refractivity contribution < 1.29 is 4.74 Å². The smallest absolute Gasteiger partial charge is 0.0755 e. The van der Waals surface area contributed by atoms with Crippen LogP contribution in [0, 0.1) is 5.92 Å². The van der Waals surface area contributed by atoms with Gasteiger partial charge < -0.3 is 10.1 Å². The second-order valence-corrected chi connectivity index (χ2v) is 6.28. The predicted octanol–water partition coefficient (Wildman–Crippen LogP) is 3.07. The maximum Gasteiger partial charge on any atom is 0.0755 e. The maximum atomic E-state index is 5.64. The summed E-state index contributed by atoms with van der Waals surface area (Å²) < 4.78 is 6.82. The predicted molar refractivity (Wildman–Crippen MR) is 72.1 cm³/mol. The van der Waals surface area contributed by atoms with Gasteiger partial charge in [0, 0.05) is 27.9 Å². The second kappa shape index (κ2) is 5.63. The summed E-state index contributed by atoms with van der Waals surface area (Å²) >= 11 is 5.31. The third kappa shape index (κ3) is 3.06. The van der Waals surface area contributed by atoms with Crippen molar-refractivity contribution in [3.63, 3.8) is 0 Å². The number of rotatable bonds is 6. The summed E-state index contributed by atoms with van der Waals surface area (Å²) in [6.45, 7) is 0. The van der Waals surface area contributed by atoms with E-state index in [0.717, 1.165) is 12.3 Å². The lowest BCUT2D eigenvalue weighted by Crippen LogP contribution is -2.41. The van der Waals surface area contributed by atoms with Crippen LogP contribution in [0.25, 0.3) is 0 Å². The molecule has 1 aliphatic carbocycles. The van der Waals surface area contributed by atoms with Gasteiger partial charge in [0.1, 0.15) is 0 Å². The lowest BCUT2D eigenvalue weighted by atomic mass is 10.0. The summed E-state index contributed by atoms with van der Waals surface area (Å²) in [5, 5.41) is 5.54. The van der Waals surface area contributed by atoms with Crippen LogP contribution in [0.3, 0.4) is 0 Å². The van der Waals surface area contributed by atoms with E-state index in [4.69, 9.17) is 4.74 Å². The highest BCUT2D eigenvalue weighted by Gasteiger charge is 2.36. The van der Waals surface area contributed by atoms with Gasteiger partial charge in [-0.25, -0.2) is 0 Å². The Morgan fingerprint density at radius 2 is 2.38 bits per heavy atom. The molecule has 1 fully saturated rings. The summed E-state index contributed by atoms with van der Waals surface area (Å²) in [5.74, 6) is 0.769. The number of methoxy groups -OCH3 is 1. The van der Waals surface area contributed by atoms with Gasteiger partial charge in [-0.05, 0) is 54.2 Å². The SMILES string of the molecule is CNC(Cc1cc(Br)cs1)C(OC)C1CC1. The molecule has 0 bridgehead atoms. The van der Waals surface area contributed by atoms with Crippen molar-refractivity contribution in [2.45, 2.75) is 31.4 Å². The Labute approximate surface area is 110 Å². The van der Waals surface area contributed by atoms with Crippen LogP contribution in [-0.2, 0) is 11.2 Å². The normalized spacial score (nSPS) is 19.7. The van der Waals surface area contributed by atoms with E-state index in [1.165, 1.54) is 22.2 Å². The van der Waals surface area contributed by atoms with Crippen LogP contribution in [0.1, 0.15) is 17.7 Å². The van der Waals surface area contributed by atoms with E-state index in [9.17, 15) is 0 Å². The van der Waals surface area contributed by atoms with Crippen LogP contribution in [0.2, 0.25) is 0 Å². The second-order valence-electron chi connectivity index (χ2n) is 4.37. The van der Waals surface area contributed by atoms with Gasteiger partial charge in [0.25, 0.3) is 0 Å². The monoisotopic (exact) mass is 303 g/mol. The summed E-state index contributed by atoms with van der Waals surface area (Å²) in [5.41, 5.74) is 0. The van der Waals surface area contributed by atoms with Gasteiger partial charge in [-0.2, -0.15) is 0 Å². The molecule has 2 nitrogen and oxygen atoms in total. The average molecular weight is 304 g/mol. The molecular weight excluding hydrogens is 286 g/mol. The summed E-state index contributed by atoms with van der Waals surface area (Å²) in [7, 11) is 3.86. The van der Waals surface area contributed by atoms with Gasteiger partial charge in [-0.3, -0.25) is 0 Å². The Hall–Kier alpha value is 0.1000. The number of likely N-dealkylation sites (N-methyl/N-ethyl adjacent to an activating group) is 1. The molecule has 0 radical (unpaired) electrons. The van der Waals surface area contributed by atoms with Crippen LogP contribution < -0.4 is 5.32 Å². The highest BCUT2D eigenvalue weighted by Crippen LogP contribution is 2.36. The molecule has 4 heteroatoms. The largest absolute Gasteiger partial charge is 0.380 e. The van der Waals surface area contributed by atoms with E-state index in [1.807, 2.05) is 25.5 Å². The van der Waals surface area contributed by atoms with Gasteiger partial charge >= 0.3 is 0 Å². The number of halogens is 1. The summed E-state index contributed by atoms with van der Waals surface area (Å²) in [6, 6.07) is 2.64. The van der Waals surface area contributed by atoms with Crippen LogP contribution in [0.4, 0.5) is 0 Å². The van der Waals surface area contributed by atoms with Crippen molar-refractivity contribution in [1.82, 2.24) is 5.32 Å². The van der Waals surface area contributed by atoms with Crippen molar-refractivity contribution in [2.75, 3.05) is 14.2 Å². The lowest BCUT2D eigenvalue weighted by Gasteiger charge is -2.25. The molecule has 16 heavy (non-hydrogen) atoms. The van der Waals surface area contributed by atoms with Gasteiger partial charge in [-0.1, -0.05) is 0 Å². The fraction of sp³-hybridized carbons (Fsp3) is 0.667. The Balaban J connectivity index is 1.98. The molecule has 0 aliphatic heterocycles. The van der Waals surface area contributed by atoms with Gasteiger partial charge in [0.05, 0.1) is 6.10 Å². The van der Waals surface area contributed by atoms with Gasteiger partial charge in [0.2, 0.25) is 0 Å². The van der Waals surface area contributed by atoms with Gasteiger partial charge in [-0.15, -0.1) is 11.3 Å². The third-order valence-electron chi connectivity index (χ3n) is 3.17. The number of thiophene rings is 1. The molecule has 2 unspecified atom stereocenters. The molecule has 1 N–H and O–H groups in total. The topological polar surface area (TPSA) is 21.3 Å². The molecule has 0 amide bonds. The fourth-order valence-electron chi connectivity index (χ4n) is 2.17. The van der Waals surface area contributed by atoms with Crippen molar-refractivity contribution >= 4 is 27.3 Å². The number of ether oxygens (including phenoxy) is 1. The molecule has 2 rings (SSSR count). The number of hydrogen-bond acceptors (Lipinski definition) is 3. The molecular formula is C12H18BrNOS. The van der Waals surface area contributed by atoms with E-state index >= 15 is 0 Å². The molecule has 1 aromatic heterocycles. The maximum absolute atomic E-state index is 5.64. The van der Waals surface area contributed by atoms with Gasteiger partial charge in [0.15, 0.2) is 0 Å². The van der Waals surface area contributed by atoms with Crippen molar-refractivity contribution in [3.8, 4) is 0 Å². The minimum Gasteiger partial charge on any atom is -0.380 e. The third-order valence-corrected chi connectivity index (χ3v) is 4.89. The highest BCUT2D eigenvalue weighted by molar-refractivity contribution is 9.10. The zero-order valence-corrected chi connectivity index (χ0v) is 12.1. The molecule has 2 atom stereocenters.